The standard InChI is InChI=1S/C20H25NO2/c1-23-14-17(22)12-13-21-20-18-8-4-2-6-15(18)10-11-16-7-3-5-9-19(16)20/h2-9,17,20-22H,10-14H2,1H3. The fourth-order valence-corrected chi connectivity index (χ4v) is 3.41. The molecule has 0 amide bonds. The highest BCUT2D eigenvalue weighted by Crippen LogP contribution is 2.32. The van der Waals surface area contributed by atoms with Crippen LogP contribution in [0.3, 0.4) is 0 Å². The van der Waals surface area contributed by atoms with E-state index >= 15 is 0 Å². The van der Waals surface area contributed by atoms with E-state index in [0.29, 0.717) is 13.0 Å². The van der Waals surface area contributed by atoms with Crippen LogP contribution >= 0.6 is 0 Å². The maximum absolute atomic E-state index is 9.86. The van der Waals surface area contributed by atoms with Crippen LogP contribution < -0.4 is 5.32 Å². The molecule has 1 unspecified atom stereocenters. The van der Waals surface area contributed by atoms with Crippen molar-refractivity contribution in [2.45, 2.75) is 31.4 Å². The molecule has 23 heavy (non-hydrogen) atoms. The first-order valence-electron chi connectivity index (χ1n) is 8.35. The Bertz CT molecular complexity index is 594. The number of methoxy groups -OCH3 is 1. The number of nitrogens with one attached hydrogen (secondary N) is 1. The second-order valence-corrected chi connectivity index (χ2v) is 6.18. The molecule has 1 aliphatic carbocycles. The number of hydrogen-bond donors (Lipinski definition) is 2. The van der Waals surface area contributed by atoms with Gasteiger partial charge in [-0.05, 0) is 48.1 Å². The van der Waals surface area contributed by atoms with E-state index in [1.807, 2.05) is 0 Å². The van der Waals surface area contributed by atoms with Crippen LogP contribution in [-0.2, 0) is 17.6 Å². The molecule has 0 aliphatic heterocycles. The van der Waals surface area contributed by atoms with Gasteiger partial charge in [-0.25, -0.2) is 0 Å². The average Bonchev–Trinajstić information content (AvgIpc) is 2.73. The number of aryl methyl sites for hydroxylation is 2. The number of rotatable bonds is 6. The summed E-state index contributed by atoms with van der Waals surface area (Å²) < 4.78 is 5.00. The molecule has 0 spiro atoms. The van der Waals surface area contributed by atoms with Gasteiger partial charge in [-0.2, -0.15) is 0 Å². The predicted molar refractivity (Wildman–Crippen MR) is 92.6 cm³/mol. The largest absolute Gasteiger partial charge is 0.391 e. The van der Waals surface area contributed by atoms with Crippen molar-refractivity contribution in [3.8, 4) is 0 Å². The van der Waals surface area contributed by atoms with Gasteiger partial charge in [0.05, 0.1) is 18.8 Å². The summed E-state index contributed by atoms with van der Waals surface area (Å²) in [7, 11) is 1.62. The number of benzene rings is 2. The quantitative estimate of drug-likeness (QED) is 0.862. The van der Waals surface area contributed by atoms with Crippen molar-refractivity contribution in [2.24, 2.45) is 0 Å². The fourth-order valence-electron chi connectivity index (χ4n) is 3.41. The zero-order valence-corrected chi connectivity index (χ0v) is 13.7. The smallest absolute Gasteiger partial charge is 0.0785 e. The molecule has 3 nitrogen and oxygen atoms in total. The van der Waals surface area contributed by atoms with Crippen LogP contribution in [0, 0.1) is 0 Å². The SMILES string of the molecule is COCC(O)CCNC1c2ccccc2CCc2ccccc21. The lowest BCUT2D eigenvalue weighted by atomic mass is 9.94. The highest BCUT2D eigenvalue weighted by atomic mass is 16.5. The molecular weight excluding hydrogens is 286 g/mol. The first-order valence-corrected chi connectivity index (χ1v) is 8.35. The van der Waals surface area contributed by atoms with Crippen LogP contribution in [0.1, 0.15) is 34.7 Å². The van der Waals surface area contributed by atoms with Crippen LogP contribution in [0.2, 0.25) is 0 Å². The van der Waals surface area contributed by atoms with E-state index in [9.17, 15) is 5.11 Å². The minimum Gasteiger partial charge on any atom is -0.391 e. The summed E-state index contributed by atoms with van der Waals surface area (Å²) in [5.41, 5.74) is 5.55. The molecule has 2 aromatic carbocycles. The van der Waals surface area contributed by atoms with Gasteiger partial charge in [0.25, 0.3) is 0 Å². The summed E-state index contributed by atoms with van der Waals surface area (Å²) in [5, 5.41) is 13.5. The summed E-state index contributed by atoms with van der Waals surface area (Å²) >= 11 is 0. The van der Waals surface area contributed by atoms with E-state index in [1.165, 1.54) is 22.3 Å². The van der Waals surface area contributed by atoms with Crippen LogP contribution in [0.25, 0.3) is 0 Å². The minimum atomic E-state index is -0.413. The van der Waals surface area contributed by atoms with Crippen LogP contribution in [0.5, 0.6) is 0 Å². The molecule has 0 bridgehead atoms. The summed E-state index contributed by atoms with van der Waals surface area (Å²) in [5.74, 6) is 0. The van der Waals surface area contributed by atoms with Crippen molar-refractivity contribution >= 4 is 0 Å². The average molecular weight is 311 g/mol. The lowest BCUT2D eigenvalue weighted by Crippen LogP contribution is -2.28. The topological polar surface area (TPSA) is 41.5 Å². The third-order valence-electron chi connectivity index (χ3n) is 4.58. The summed E-state index contributed by atoms with van der Waals surface area (Å²) in [4.78, 5) is 0. The monoisotopic (exact) mass is 311 g/mol. The molecule has 0 saturated carbocycles. The third kappa shape index (κ3) is 3.81. The van der Waals surface area contributed by atoms with Gasteiger partial charge in [0.1, 0.15) is 0 Å². The second-order valence-electron chi connectivity index (χ2n) is 6.18. The number of hydrogen-bond acceptors (Lipinski definition) is 3. The molecule has 0 fully saturated rings. The van der Waals surface area contributed by atoms with Crippen molar-refractivity contribution in [3.63, 3.8) is 0 Å². The van der Waals surface area contributed by atoms with Gasteiger partial charge in [0.15, 0.2) is 0 Å². The zero-order chi connectivity index (χ0) is 16.1. The Morgan fingerprint density at radius 3 is 2.17 bits per heavy atom. The Balaban J connectivity index is 1.82. The number of fused-ring (bicyclic) bond motifs is 2. The van der Waals surface area contributed by atoms with Crippen molar-refractivity contribution < 1.29 is 9.84 Å². The molecule has 122 valence electrons. The molecule has 0 aromatic heterocycles. The Morgan fingerprint density at radius 2 is 1.61 bits per heavy atom. The second kappa shape index (κ2) is 7.73. The Labute approximate surface area is 138 Å². The molecule has 3 rings (SSSR count). The third-order valence-corrected chi connectivity index (χ3v) is 4.58. The van der Waals surface area contributed by atoms with Crippen molar-refractivity contribution in [2.75, 3.05) is 20.3 Å². The van der Waals surface area contributed by atoms with E-state index in [4.69, 9.17) is 4.74 Å². The lowest BCUT2D eigenvalue weighted by molar-refractivity contribution is 0.0591. The fraction of sp³-hybridized carbons (Fsp3) is 0.400. The number of ether oxygens (including phenoxy) is 1. The summed E-state index contributed by atoms with van der Waals surface area (Å²) in [6, 6.07) is 17.6. The lowest BCUT2D eigenvalue weighted by Gasteiger charge is -2.22. The minimum absolute atomic E-state index is 0.194. The molecule has 1 aliphatic rings. The first-order chi connectivity index (χ1) is 11.3. The summed E-state index contributed by atoms with van der Waals surface area (Å²) in [6.07, 6.45) is 2.44. The Kier molecular flexibility index (Phi) is 5.44. The maximum Gasteiger partial charge on any atom is 0.0785 e. The van der Waals surface area contributed by atoms with Crippen molar-refractivity contribution in [1.29, 1.82) is 0 Å². The zero-order valence-electron chi connectivity index (χ0n) is 13.7. The van der Waals surface area contributed by atoms with E-state index in [1.54, 1.807) is 7.11 Å². The highest BCUT2D eigenvalue weighted by Gasteiger charge is 2.22. The van der Waals surface area contributed by atoms with Crippen molar-refractivity contribution in [1.82, 2.24) is 5.32 Å². The van der Waals surface area contributed by atoms with E-state index in [0.717, 1.165) is 19.4 Å². The Hall–Kier alpha value is -1.68. The normalized spacial score (nSPS) is 15.6. The van der Waals surface area contributed by atoms with Gasteiger partial charge >= 0.3 is 0 Å². The van der Waals surface area contributed by atoms with Gasteiger partial charge in [-0.3, -0.25) is 0 Å². The van der Waals surface area contributed by atoms with Crippen LogP contribution in [0.4, 0.5) is 0 Å². The molecule has 1 atom stereocenters. The van der Waals surface area contributed by atoms with Gasteiger partial charge < -0.3 is 15.2 Å². The van der Waals surface area contributed by atoms with E-state index < -0.39 is 6.10 Å². The first kappa shape index (κ1) is 16.2. The molecule has 0 heterocycles. The number of aliphatic hydroxyl groups is 1. The van der Waals surface area contributed by atoms with Gasteiger partial charge in [0.2, 0.25) is 0 Å². The number of aliphatic hydroxyl groups excluding tert-OH is 1. The highest BCUT2D eigenvalue weighted by molar-refractivity contribution is 5.44. The van der Waals surface area contributed by atoms with E-state index in [2.05, 4.69) is 53.8 Å². The predicted octanol–water partition coefficient (Wildman–Crippen LogP) is 2.86. The molecule has 2 aromatic rings. The van der Waals surface area contributed by atoms with Crippen molar-refractivity contribution in [3.05, 3.63) is 70.8 Å². The van der Waals surface area contributed by atoms with E-state index in [-0.39, 0.29) is 6.04 Å². The molecule has 0 radical (unpaired) electrons. The van der Waals surface area contributed by atoms with Crippen LogP contribution in [0.15, 0.2) is 48.5 Å². The van der Waals surface area contributed by atoms with Crippen LogP contribution in [-0.4, -0.2) is 31.5 Å². The van der Waals surface area contributed by atoms with Gasteiger partial charge in [-0.15, -0.1) is 0 Å². The summed E-state index contributed by atoms with van der Waals surface area (Å²) in [6.45, 7) is 1.15. The molecule has 2 N–H and O–H groups in total. The molecule has 3 heteroatoms. The Morgan fingerprint density at radius 1 is 1.04 bits per heavy atom. The molecular formula is C20H25NO2. The van der Waals surface area contributed by atoms with Gasteiger partial charge in [0, 0.05) is 7.11 Å². The van der Waals surface area contributed by atoms with Gasteiger partial charge in [-0.1, -0.05) is 48.5 Å². The molecule has 0 saturated heterocycles. The maximum atomic E-state index is 9.86.